The number of hydrogen-bond donors (Lipinski definition) is 0. The van der Waals surface area contributed by atoms with E-state index in [1.54, 1.807) is 30.1 Å². The minimum atomic E-state index is -0.0171. The Morgan fingerprint density at radius 2 is 1.74 bits per heavy atom. The minimum absolute atomic E-state index is 0. The van der Waals surface area contributed by atoms with Gasteiger partial charge in [0.15, 0.2) is 0 Å². The number of benzene rings is 1. The number of rotatable bonds is 9. The van der Waals surface area contributed by atoms with Crippen LogP contribution in [0.15, 0.2) is 90.3 Å². The van der Waals surface area contributed by atoms with E-state index in [-0.39, 0.29) is 42.8 Å². The minimum Gasteiger partial charge on any atom is -0.492 e. The third-order valence-corrected chi connectivity index (χ3v) is 5.26. The first-order valence-electron chi connectivity index (χ1n) is 10.6. The third-order valence-electron chi connectivity index (χ3n) is 5.26. The number of fused-ring (bicyclic) bond motifs is 1. The molecule has 1 aromatic carbocycles. The second-order valence-corrected chi connectivity index (χ2v) is 7.58. The second kappa shape index (κ2) is 15.2. The quantitative estimate of drug-likeness (QED) is 0.295. The van der Waals surface area contributed by atoms with Crippen LogP contribution in [0.3, 0.4) is 0 Å². The van der Waals surface area contributed by atoms with Crippen LogP contribution in [0.1, 0.15) is 11.1 Å². The van der Waals surface area contributed by atoms with Gasteiger partial charge in [-0.05, 0) is 47.5 Å². The first-order chi connectivity index (χ1) is 15.7. The maximum Gasteiger partial charge on any atom is 0.250 e. The molecule has 4 aromatic rings. The molecule has 3 heterocycles. The number of pyridine rings is 3. The molecule has 0 radical (unpaired) electrons. The van der Waals surface area contributed by atoms with E-state index in [1.165, 1.54) is 0 Å². The molecule has 9 heteroatoms. The monoisotopic (exact) mass is 534 g/mol. The Balaban J connectivity index is 0.00000204. The topological polar surface area (TPSA) is 60.2 Å². The van der Waals surface area contributed by atoms with Crippen LogP contribution in [0.25, 0.3) is 17.0 Å². The summed E-state index contributed by atoms with van der Waals surface area (Å²) in [5.74, 6) is 0.795. The zero-order chi connectivity index (χ0) is 22.2. The SMILES string of the molecule is Cl.Cl.Cl.Cn1c(=O)ccc2cc(OCCN(CC=Cc3cccnc3)Cc3cccnc3)ccc21. The van der Waals surface area contributed by atoms with Gasteiger partial charge in [0.1, 0.15) is 12.4 Å². The molecule has 0 aliphatic rings. The lowest BCUT2D eigenvalue weighted by Gasteiger charge is -2.21. The van der Waals surface area contributed by atoms with Crippen LogP contribution in [-0.4, -0.2) is 39.1 Å². The maximum absolute atomic E-state index is 11.8. The summed E-state index contributed by atoms with van der Waals surface area (Å²) in [6, 6.07) is 17.2. The molecule has 0 saturated heterocycles. The summed E-state index contributed by atoms with van der Waals surface area (Å²) in [6.45, 7) is 2.89. The molecule has 0 saturated carbocycles. The largest absolute Gasteiger partial charge is 0.492 e. The van der Waals surface area contributed by atoms with Crippen LogP contribution < -0.4 is 10.3 Å². The van der Waals surface area contributed by atoms with E-state index in [2.05, 4.69) is 33.1 Å². The van der Waals surface area contributed by atoms with Crippen LogP contribution in [-0.2, 0) is 13.6 Å². The average molecular weight is 536 g/mol. The number of nitrogens with zero attached hydrogens (tertiary/aromatic N) is 4. The van der Waals surface area contributed by atoms with Crippen molar-refractivity contribution in [2.45, 2.75) is 6.54 Å². The van der Waals surface area contributed by atoms with Gasteiger partial charge in [-0.25, -0.2) is 0 Å². The summed E-state index contributed by atoms with van der Waals surface area (Å²) in [7, 11) is 1.78. The van der Waals surface area contributed by atoms with Gasteiger partial charge in [-0.3, -0.25) is 19.7 Å². The summed E-state index contributed by atoms with van der Waals surface area (Å²) in [5, 5.41) is 0.983. The highest BCUT2D eigenvalue weighted by Crippen LogP contribution is 2.19. The average Bonchev–Trinajstić information content (AvgIpc) is 2.83. The molecular weight excluding hydrogens is 507 g/mol. The van der Waals surface area contributed by atoms with E-state index in [1.807, 2.05) is 54.9 Å². The Morgan fingerprint density at radius 1 is 0.971 bits per heavy atom. The lowest BCUT2D eigenvalue weighted by atomic mass is 10.2. The van der Waals surface area contributed by atoms with E-state index in [0.717, 1.165) is 47.4 Å². The van der Waals surface area contributed by atoms with Gasteiger partial charge in [0.25, 0.3) is 5.56 Å². The normalized spacial score (nSPS) is 10.5. The lowest BCUT2D eigenvalue weighted by molar-refractivity contribution is 0.217. The van der Waals surface area contributed by atoms with Crippen molar-refractivity contribution in [3.05, 3.63) is 107 Å². The van der Waals surface area contributed by atoms with E-state index in [4.69, 9.17) is 4.74 Å². The maximum atomic E-state index is 11.8. The molecule has 4 rings (SSSR count). The number of halogens is 3. The molecule has 0 atom stereocenters. The first kappa shape index (κ1) is 30.1. The zero-order valence-electron chi connectivity index (χ0n) is 19.3. The molecule has 0 spiro atoms. The highest BCUT2D eigenvalue weighted by atomic mass is 35.5. The van der Waals surface area contributed by atoms with Gasteiger partial charge in [0, 0.05) is 62.9 Å². The Bertz CT molecular complexity index is 1250. The summed E-state index contributed by atoms with van der Waals surface area (Å²) < 4.78 is 7.68. The smallest absolute Gasteiger partial charge is 0.250 e. The highest BCUT2D eigenvalue weighted by molar-refractivity contribution is 5.86. The van der Waals surface area contributed by atoms with Gasteiger partial charge in [-0.15, -0.1) is 37.2 Å². The third kappa shape index (κ3) is 8.67. The Morgan fingerprint density at radius 3 is 2.46 bits per heavy atom. The molecule has 35 heavy (non-hydrogen) atoms. The molecule has 3 aromatic heterocycles. The molecule has 0 bridgehead atoms. The van der Waals surface area contributed by atoms with Crippen LogP contribution >= 0.6 is 37.2 Å². The lowest BCUT2D eigenvalue weighted by Crippen LogP contribution is -2.28. The molecular formula is C26H29Cl3N4O2. The van der Waals surface area contributed by atoms with Crippen molar-refractivity contribution < 1.29 is 4.74 Å². The van der Waals surface area contributed by atoms with E-state index < -0.39 is 0 Å². The Labute approximate surface area is 223 Å². The van der Waals surface area contributed by atoms with Gasteiger partial charge < -0.3 is 9.30 Å². The van der Waals surface area contributed by atoms with Crippen molar-refractivity contribution in [3.63, 3.8) is 0 Å². The number of aryl methyl sites for hydroxylation is 1. The summed E-state index contributed by atoms with van der Waals surface area (Å²) in [4.78, 5) is 22.5. The fraction of sp³-hybridized carbons (Fsp3) is 0.192. The molecule has 0 amide bonds. The second-order valence-electron chi connectivity index (χ2n) is 7.58. The van der Waals surface area contributed by atoms with Gasteiger partial charge in [0.2, 0.25) is 0 Å². The molecule has 0 aliphatic carbocycles. The fourth-order valence-electron chi connectivity index (χ4n) is 3.54. The summed E-state index contributed by atoms with van der Waals surface area (Å²) >= 11 is 0. The number of ether oxygens (including phenoxy) is 1. The van der Waals surface area contributed by atoms with Gasteiger partial charge in [-0.1, -0.05) is 24.3 Å². The molecule has 186 valence electrons. The molecule has 0 aliphatic heterocycles. The van der Waals surface area contributed by atoms with Crippen LogP contribution in [0.4, 0.5) is 0 Å². The van der Waals surface area contributed by atoms with Crippen molar-refractivity contribution in [3.8, 4) is 5.75 Å². The first-order valence-corrected chi connectivity index (χ1v) is 10.6. The predicted molar refractivity (Wildman–Crippen MR) is 149 cm³/mol. The predicted octanol–water partition coefficient (Wildman–Crippen LogP) is 5.19. The van der Waals surface area contributed by atoms with Gasteiger partial charge in [-0.2, -0.15) is 0 Å². The van der Waals surface area contributed by atoms with E-state index in [0.29, 0.717) is 6.61 Å². The zero-order valence-corrected chi connectivity index (χ0v) is 21.8. The van der Waals surface area contributed by atoms with E-state index in [9.17, 15) is 4.79 Å². The van der Waals surface area contributed by atoms with Gasteiger partial charge >= 0.3 is 0 Å². The summed E-state index contributed by atoms with van der Waals surface area (Å²) in [6.07, 6.45) is 11.5. The summed E-state index contributed by atoms with van der Waals surface area (Å²) in [5.41, 5.74) is 3.12. The van der Waals surface area contributed by atoms with Crippen molar-refractivity contribution in [1.29, 1.82) is 0 Å². The van der Waals surface area contributed by atoms with Crippen molar-refractivity contribution >= 4 is 54.2 Å². The molecule has 6 nitrogen and oxygen atoms in total. The Kier molecular flexibility index (Phi) is 13.1. The van der Waals surface area contributed by atoms with Crippen LogP contribution in [0.2, 0.25) is 0 Å². The molecule has 0 fully saturated rings. The van der Waals surface area contributed by atoms with Crippen LogP contribution in [0, 0.1) is 0 Å². The van der Waals surface area contributed by atoms with Gasteiger partial charge in [0.05, 0.1) is 5.52 Å². The van der Waals surface area contributed by atoms with E-state index >= 15 is 0 Å². The molecule has 0 unspecified atom stereocenters. The number of aromatic nitrogens is 3. The van der Waals surface area contributed by atoms with Crippen LogP contribution in [0.5, 0.6) is 5.75 Å². The van der Waals surface area contributed by atoms with Crippen molar-refractivity contribution in [1.82, 2.24) is 19.4 Å². The highest BCUT2D eigenvalue weighted by Gasteiger charge is 2.07. The van der Waals surface area contributed by atoms with Crippen molar-refractivity contribution in [2.24, 2.45) is 7.05 Å². The van der Waals surface area contributed by atoms with Crippen molar-refractivity contribution in [2.75, 3.05) is 19.7 Å². The number of hydrogen-bond acceptors (Lipinski definition) is 5. The Hall–Kier alpha value is -2.90. The molecule has 0 N–H and O–H groups in total. The fourth-order valence-corrected chi connectivity index (χ4v) is 3.54. The standard InChI is InChI=1S/C26H26N4O2.3ClH/c1-29-25-10-9-24(17-23(25)8-11-26(29)31)32-16-15-30(20-22-6-3-13-28-19-22)14-4-7-21-5-2-12-27-18-21;;;/h2-13,17-19H,14-16,20H2,1H3;3*1H.